The Hall–Kier alpha value is -2.53. The fourth-order valence-corrected chi connectivity index (χ4v) is 4.18. The second-order valence-corrected chi connectivity index (χ2v) is 7.19. The van der Waals surface area contributed by atoms with Gasteiger partial charge in [-0.15, -0.1) is 0 Å². The van der Waals surface area contributed by atoms with E-state index in [4.69, 9.17) is 16.3 Å². The summed E-state index contributed by atoms with van der Waals surface area (Å²) in [6.07, 6.45) is 5.79. The highest BCUT2D eigenvalue weighted by molar-refractivity contribution is 6.31. The summed E-state index contributed by atoms with van der Waals surface area (Å²) in [6.45, 7) is 0. The molecule has 4 rings (SSSR count). The maximum Gasteiger partial charge on any atom is 0.313 e. The molecule has 0 bridgehead atoms. The van der Waals surface area contributed by atoms with Crippen LogP contribution in [0.15, 0.2) is 48.0 Å². The maximum absolute atomic E-state index is 11.6. The van der Waals surface area contributed by atoms with E-state index < -0.39 is 10.6 Å². The summed E-state index contributed by atoms with van der Waals surface area (Å²) in [5.74, 6) is 0.299. The van der Waals surface area contributed by atoms with Gasteiger partial charge in [0, 0.05) is 35.8 Å². The van der Waals surface area contributed by atoms with E-state index in [1.165, 1.54) is 6.07 Å². The van der Waals surface area contributed by atoms with E-state index in [2.05, 4.69) is 4.90 Å². The zero-order valence-corrected chi connectivity index (χ0v) is 15.2. The number of nitrogens with zero attached hydrogens (tertiary/aromatic N) is 2. The fraction of sp³-hybridized carbons (Fsp3) is 0.300. The van der Waals surface area contributed by atoms with Gasteiger partial charge in [0.2, 0.25) is 11.5 Å². The highest BCUT2D eigenvalue weighted by atomic mass is 35.5. The number of benzene rings is 2. The molecule has 0 spiro atoms. The first-order valence-electron chi connectivity index (χ1n) is 8.68. The van der Waals surface area contributed by atoms with Gasteiger partial charge in [-0.3, -0.25) is 10.1 Å². The number of nitro groups is 1. The maximum atomic E-state index is 11.6. The third kappa shape index (κ3) is 2.63. The van der Waals surface area contributed by atoms with Crippen LogP contribution in [0.3, 0.4) is 0 Å². The van der Waals surface area contributed by atoms with Gasteiger partial charge in [0.15, 0.2) is 0 Å². The van der Waals surface area contributed by atoms with Crippen molar-refractivity contribution in [2.45, 2.75) is 31.4 Å². The quantitative estimate of drug-likeness (QED) is 0.534. The number of nitro benzene ring substituents is 1. The molecular weight excluding hydrogens is 352 g/mol. The van der Waals surface area contributed by atoms with Crippen LogP contribution >= 0.6 is 11.6 Å². The molecule has 1 fully saturated rings. The Labute approximate surface area is 157 Å². The summed E-state index contributed by atoms with van der Waals surface area (Å²) in [7, 11) is 1.99. The molecule has 2 aromatic rings. The lowest BCUT2D eigenvalue weighted by atomic mass is 9.82. The molecule has 0 aromatic heterocycles. The summed E-state index contributed by atoms with van der Waals surface area (Å²) in [4.78, 5) is 13.2. The van der Waals surface area contributed by atoms with Crippen molar-refractivity contribution >= 4 is 29.1 Å². The van der Waals surface area contributed by atoms with Crippen LogP contribution in [0.4, 0.5) is 11.4 Å². The molecule has 5 nitrogen and oxygen atoms in total. The summed E-state index contributed by atoms with van der Waals surface area (Å²) in [6, 6.07) is 13.1. The van der Waals surface area contributed by atoms with Crippen molar-refractivity contribution in [1.29, 1.82) is 0 Å². The molecule has 1 atom stereocenters. The molecule has 26 heavy (non-hydrogen) atoms. The minimum Gasteiger partial charge on any atom is -0.456 e. The molecule has 1 aliphatic carbocycles. The van der Waals surface area contributed by atoms with E-state index in [-0.39, 0.29) is 5.69 Å². The first-order valence-corrected chi connectivity index (χ1v) is 9.06. The van der Waals surface area contributed by atoms with Crippen molar-refractivity contribution in [1.82, 2.24) is 0 Å². The Morgan fingerprint density at radius 3 is 2.73 bits per heavy atom. The highest BCUT2D eigenvalue weighted by Gasteiger charge is 2.47. The first kappa shape index (κ1) is 16.9. The Bertz CT molecular complexity index is 897. The molecule has 134 valence electrons. The predicted molar refractivity (Wildman–Crippen MR) is 103 cm³/mol. The zero-order chi connectivity index (χ0) is 18.3. The molecule has 0 radical (unpaired) electrons. The van der Waals surface area contributed by atoms with Crippen LogP contribution in [0.25, 0.3) is 6.08 Å². The average Bonchev–Trinajstić information content (AvgIpc) is 2.65. The molecule has 1 unspecified atom stereocenters. The van der Waals surface area contributed by atoms with Gasteiger partial charge in [0.25, 0.3) is 0 Å². The SMILES string of the molecule is CN(c1ccccc1)C12CCCCC1=Cc1cc(Cl)cc([N+](=O)[O-])c1O2. The Balaban J connectivity index is 1.88. The fourth-order valence-electron chi connectivity index (χ4n) is 3.96. The van der Waals surface area contributed by atoms with Crippen molar-refractivity contribution in [3.63, 3.8) is 0 Å². The number of anilines is 1. The van der Waals surface area contributed by atoms with Crippen LogP contribution in [0.1, 0.15) is 31.2 Å². The lowest BCUT2D eigenvalue weighted by Crippen LogP contribution is -2.55. The molecule has 1 heterocycles. The normalized spacial score (nSPS) is 21.1. The average molecular weight is 371 g/mol. The number of ether oxygens (including phenoxy) is 1. The minimum absolute atomic E-state index is 0.0887. The van der Waals surface area contributed by atoms with Gasteiger partial charge >= 0.3 is 5.69 Å². The van der Waals surface area contributed by atoms with Gasteiger partial charge < -0.3 is 9.64 Å². The molecule has 6 heteroatoms. The zero-order valence-electron chi connectivity index (χ0n) is 14.4. The van der Waals surface area contributed by atoms with E-state index in [9.17, 15) is 10.1 Å². The highest BCUT2D eigenvalue weighted by Crippen LogP contribution is 2.49. The largest absolute Gasteiger partial charge is 0.456 e. The monoisotopic (exact) mass is 370 g/mol. The van der Waals surface area contributed by atoms with Gasteiger partial charge in [0.1, 0.15) is 0 Å². The number of para-hydroxylation sites is 1. The lowest BCUT2D eigenvalue weighted by molar-refractivity contribution is -0.386. The molecule has 2 aliphatic rings. The molecule has 0 N–H and O–H groups in total. The number of halogens is 1. The molecule has 1 aliphatic heterocycles. The number of hydrogen-bond acceptors (Lipinski definition) is 4. The molecule has 0 amide bonds. The van der Waals surface area contributed by atoms with Crippen molar-refractivity contribution in [2.24, 2.45) is 0 Å². The van der Waals surface area contributed by atoms with E-state index in [1.54, 1.807) is 6.07 Å². The number of hydrogen-bond donors (Lipinski definition) is 0. The molecule has 0 saturated heterocycles. The molecule has 1 saturated carbocycles. The number of rotatable bonds is 3. The second-order valence-electron chi connectivity index (χ2n) is 6.76. The van der Waals surface area contributed by atoms with Gasteiger partial charge in [-0.2, -0.15) is 0 Å². The lowest BCUT2D eigenvalue weighted by Gasteiger charge is -2.48. The third-order valence-electron chi connectivity index (χ3n) is 5.26. The number of fused-ring (bicyclic) bond motifs is 2. The Kier molecular flexibility index (Phi) is 4.11. The molecular formula is C20H19ClN2O3. The third-order valence-corrected chi connectivity index (χ3v) is 5.48. The van der Waals surface area contributed by atoms with E-state index in [0.717, 1.165) is 36.9 Å². The van der Waals surface area contributed by atoms with Crippen LogP contribution in [0.5, 0.6) is 5.75 Å². The van der Waals surface area contributed by atoms with Crippen LogP contribution < -0.4 is 9.64 Å². The molecule has 2 aromatic carbocycles. The summed E-state index contributed by atoms with van der Waals surface area (Å²) < 4.78 is 6.44. The van der Waals surface area contributed by atoms with Gasteiger partial charge in [0.05, 0.1) is 4.92 Å². The predicted octanol–water partition coefficient (Wildman–Crippen LogP) is 5.43. The first-order chi connectivity index (χ1) is 12.5. The van der Waals surface area contributed by atoms with Crippen molar-refractivity contribution in [3.05, 3.63) is 68.7 Å². The van der Waals surface area contributed by atoms with Crippen LogP contribution in [-0.2, 0) is 0 Å². The van der Waals surface area contributed by atoms with Crippen molar-refractivity contribution in [2.75, 3.05) is 11.9 Å². The Morgan fingerprint density at radius 1 is 1.23 bits per heavy atom. The van der Waals surface area contributed by atoms with E-state index in [1.807, 2.05) is 43.5 Å². The Morgan fingerprint density at radius 2 is 2.00 bits per heavy atom. The minimum atomic E-state index is -0.703. The van der Waals surface area contributed by atoms with Crippen LogP contribution in [0, 0.1) is 10.1 Å². The smallest absolute Gasteiger partial charge is 0.313 e. The number of likely N-dealkylation sites (N-methyl/N-ethyl adjacent to an activating group) is 1. The van der Waals surface area contributed by atoms with Gasteiger partial charge in [-0.25, -0.2) is 0 Å². The van der Waals surface area contributed by atoms with Crippen LogP contribution in [-0.4, -0.2) is 17.7 Å². The summed E-state index contributed by atoms with van der Waals surface area (Å²) in [5, 5.41) is 11.9. The van der Waals surface area contributed by atoms with Crippen molar-refractivity contribution in [3.8, 4) is 5.75 Å². The summed E-state index contributed by atoms with van der Waals surface area (Å²) in [5.41, 5.74) is 2.04. The topological polar surface area (TPSA) is 55.6 Å². The second kappa shape index (κ2) is 6.32. The van der Waals surface area contributed by atoms with E-state index >= 15 is 0 Å². The van der Waals surface area contributed by atoms with Crippen LogP contribution in [0.2, 0.25) is 5.02 Å². The van der Waals surface area contributed by atoms with Crippen molar-refractivity contribution < 1.29 is 9.66 Å². The summed E-state index contributed by atoms with van der Waals surface area (Å²) >= 11 is 6.09. The van der Waals surface area contributed by atoms with Gasteiger partial charge in [-0.1, -0.05) is 29.8 Å². The van der Waals surface area contributed by atoms with E-state index in [0.29, 0.717) is 16.3 Å². The standard InChI is InChI=1S/C20H19ClN2O3/c1-22(17-8-3-2-4-9-17)20-10-6-5-7-15(20)11-14-12-16(21)13-18(23(24)25)19(14)26-20/h2-4,8-9,11-13H,5-7,10H2,1H3. The van der Waals surface area contributed by atoms with Gasteiger partial charge in [-0.05, 0) is 49.1 Å².